The number of ether oxygens (including phenoxy) is 5. The summed E-state index contributed by atoms with van der Waals surface area (Å²) < 4.78 is 33.1. The molecule has 0 spiro atoms. The quantitative estimate of drug-likeness (QED) is 0.147. The maximum Gasteiger partial charge on any atom is 0.239 e. The first kappa shape index (κ1) is 31.7. The van der Waals surface area contributed by atoms with Crippen molar-refractivity contribution in [3.05, 3.63) is 40.6 Å². The van der Waals surface area contributed by atoms with Crippen LogP contribution in [0.5, 0.6) is 28.7 Å². The van der Waals surface area contributed by atoms with Gasteiger partial charge in [-0.25, -0.2) is 0 Å². The Morgan fingerprint density at radius 1 is 0.795 bits per heavy atom. The summed E-state index contributed by atoms with van der Waals surface area (Å²) in [7, 11) is 1.30. The van der Waals surface area contributed by atoms with E-state index in [-0.39, 0.29) is 33.8 Å². The monoisotopic (exact) mass is 624 g/mol. The Bertz CT molecular complexity index is 1560. The molecule has 2 aromatic carbocycles. The molecular weight excluding hydrogens is 592 g/mol. The summed E-state index contributed by atoms with van der Waals surface area (Å²) in [6, 6.07) is 5.96. The number of aliphatic hydroxyl groups is 6. The Morgan fingerprint density at radius 2 is 1.45 bits per heavy atom. The second-order valence-corrected chi connectivity index (χ2v) is 10.5. The molecule has 0 radical (unpaired) electrons. The first-order chi connectivity index (χ1) is 20.8. The molecular formula is C28H32O16. The molecule has 0 bridgehead atoms. The summed E-state index contributed by atoms with van der Waals surface area (Å²) in [6.07, 6.45) is -16.2. The summed E-state index contributed by atoms with van der Waals surface area (Å²) in [4.78, 5) is 13.6. The molecule has 44 heavy (non-hydrogen) atoms. The van der Waals surface area contributed by atoms with Gasteiger partial charge in [-0.1, -0.05) is 0 Å². The van der Waals surface area contributed by atoms with Crippen molar-refractivity contribution in [2.24, 2.45) is 0 Å². The smallest absolute Gasteiger partial charge is 0.239 e. The first-order valence-electron chi connectivity index (χ1n) is 13.4. The average molecular weight is 625 g/mol. The predicted molar refractivity (Wildman–Crippen MR) is 145 cm³/mol. The molecule has 16 heteroatoms. The van der Waals surface area contributed by atoms with E-state index in [2.05, 4.69) is 0 Å². The van der Waals surface area contributed by atoms with Crippen LogP contribution < -0.4 is 14.9 Å². The van der Waals surface area contributed by atoms with Crippen LogP contribution in [0.1, 0.15) is 6.92 Å². The van der Waals surface area contributed by atoms with Crippen molar-refractivity contribution in [2.75, 3.05) is 13.7 Å². The first-order valence-corrected chi connectivity index (χ1v) is 13.4. The fourth-order valence-corrected chi connectivity index (χ4v) is 5.00. The second-order valence-electron chi connectivity index (χ2n) is 10.5. The van der Waals surface area contributed by atoms with Crippen molar-refractivity contribution in [1.29, 1.82) is 0 Å². The van der Waals surface area contributed by atoms with Crippen LogP contribution in [0.3, 0.4) is 0 Å². The molecule has 1 aromatic heterocycles. The molecule has 16 nitrogen and oxygen atoms in total. The van der Waals surface area contributed by atoms with Crippen LogP contribution in [0, 0.1) is 0 Å². The lowest BCUT2D eigenvalue weighted by molar-refractivity contribution is -0.373. The van der Waals surface area contributed by atoms with Gasteiger partial charge in [0.2, 0.25) is 11.2 Å². The van der Waals surface area contributed by atoms with E-state index in [0.717, 1.165) is 12.1 Å². The molecule has 3 aromatic rings. The Kier molecular flexibility index (Phi) is 8.90. The second kappa shape index (κ2) is 12.4. The summed E-state index contributed by atoms with van der Waals surface area (Å²) in [5.41, 5.74) is -0.947. The molecule has 0 amide bonds. The number of benzene rings is 2. The zero-order chi connectivity index (χ0) is 32.0. The highest BCUT2D eigenvalue weighted by molar-refractivity contribution is 5.88. The van der Waals surface area contributed by atoms with Crippen LogP contribution in [0.4, 0.5) is 0 Å². The topological polar surface area (TPSA) is 258 Å². The van der Waals surface area contributed by atoms with Crippen molar-refractivity contribution in [3.63, 3.8) is 0 Å². The molecule has 2 aliphatic heterocycles. The Labute approximate surface area is 248 Å². The van der Waals surface area contributed by atoms with Crippen molar-refractivity contribution in [1.82, 2.24) is 0 Å². The van der Waals surface area contributed by atoms with Crippen LogP contribution in [0.2, 0.25) is 0 Å². The number of aromatic hydroxyl groups is 3. The van der Waals surface area contributed by atoms with Crippen LogP contribution in [-0.4, -0.2) is 121 Å². The zero-order valence-corrected chi connectivity index (χ0v) is 23.3. The van der Waals surface area contributed by atoms with E-state index >= 15 is 0 Å². The highest BCUT2D eigenvalue weighted by atomic mass is 16.8. The van der Waals surface area contributed by atoms with Crippen LogP contribution in [-0.2, 0) is 14.2 Å². The minimum atomic E-state index is -1.88. The fraction of sp³-hybridized carbons (Fsp3) is 0.464. The molecule has 3 heterocycles. The highest BCUT2D eigenvalue weighted by Crippen LogP contribution is 2.39. The number of rotatable bonds is 7. The number of methoxy groups -OCH3 is 1. The van der Waals surface area contributed by atoms with E-state index in [1.807, 2.05) is 0 Å². The summed E-state index contributed by atoms with van der Waals surface area (Å²) in [6.45, 7) is 0.729. The van der Waals surface area contributed by atoms with Gasteiger partial charge in [-0.2, -0.15) is 0 Å². The SMILES string of the molecule is COc1cc(-c2oc3cc(O)cc(O)c3c(=O)c2OCC2OC(OC3OC(C)C(O)C(O)C3O)C(O)C(O)C2O)ccc1O. The molecule has 5 rings (SSSR count). The lowest BCUT2D eigenvalue weighted by atomic mass is 9.98. The lowest BCUT2D eigenvalue weighted by Crippen LogP contribution is -2.63. The number of phenols is 3. The maximum atomic E-state index is 13.6. The highest BCUT2D eigenvalue weighted by Gasteiger charge is 2.49. The summed E-state index contributed by atoms with van der Waals surface area (Å²) >= 11 is 0. The molecule has 0 saturated carbocycles. The van der Waals surface area contributed by atoms with Gasteiger partial charge in [0.05, 0.1) is 13.2 Å². The zero-order valence-electron chi connectivity index (χ0n) is 23.3. The number of fused-ring (bicyclic) bond motifs is 1. The molecule has 9 N–H and O–H groups in total. The molecule has 0 aliphatic carbocycles. The van der Waals surface area contributed by atoms with Crippen LogP contribution >= 0.6 is 0 Å². The lowest BCUT2D eigenvalue weighted by Gasteiger charge is -2.44. The van der Waals surface area contributed by atoms with Gasteiger partial charge in [-0.15, -0.1) is 0 Å². The van der Waals surface area contributed by atoms with Gasteiger partial charge in [0.15, 0.2) is 29.8 Å². The average Bonchev–Trinajstić information content (AvgIpc) is 2.98. The number of aliphatic hydroxyl groups excluding tert-OH is 6. The van der Waals surface area contributed by atoms with E-state index in [4.69, 9.17) is 28.1 Å². The van der Waals surface area contributed by atoms with Crippen LogP contribution in [0.15, 0.2) is 39.5 Å². The molecule has 2 fully saturated rings. The third-order valence-electron chi connectivity index (χ3n) is 7.50. The number of hydrogen-bond donors (Lipinski definition) is 9. The fourth-order valence-electron chi connectivity index (χ4n) is 5.00. The minimum Gasteiger partial charge on any atom is -0.508 e. The van der Waals surface area contributed by atoms with Gasteiger partial charge < -0.3 is 74.1 Å². The van der Waals surface area contributed by atoms with Gasteiger partial charge in [0, 0.05) is 17.7 Å². The van der Waals surface area contributed by atoms with E-state index in [0.29, 0.717) is 0 Å². The third-order valence-corrected chi connectivity index (χ3v) is 7.50. The molecule has 240 valence electrons. The van der Waals surface area contributed by atoms with Gasteiger partial charge >= 0.3 is 0 Å². The Balaban J connectivity index is 1.46. The van der Waals surface area contributed by atoms with Crippen molar-refractivity contribution < 1.29 is 74.1 Å². The van der Waals surface area contributed by atoms with E-state index < -0.39 is 90.7 Å². The van der Waals surface area contributed by atoms with Crippen LogP contribution in [0.25, 0.3) is 22.3 Å². The Hall–Kier alpha value is -3.71. The minimum absolute atomic E-state index is 0.0113. The number of phenolic OH excluding ortho intramolecular Hbond substituents is 3. The standard InChI is InChI=1S/C28H32O16/c1-9-18(32)21(35)23(37)27(41-9)44-28-24(38)22(36)19(33)16(43-28)8-40-26-20(34)17-13(31)6-11(29)7-15(17)42-25(26)10-3-4-12(30)14(5-10)39-2/h3-7,9,16,18-19,21-24,27-33,35-38H,8H2,1-2H3. The van der Waals surface area contributed by atoms with Gasteiger partial charge in [0.1, 0.15) is 71.8 Å². The normalized spacial score (nSPS) is 32.5. The largest absolute Gasteiger partial charge is 0.508 e. The van der Waals surface area contributed by atoms with Gasteiger partial charge in [0.25, 0.3) is 0 Å². The molecule has 10 atom stereocenters. The number of hydrogen-bond acceptors (Lipinski definition) is 16. The maximum absolute atomic E-state index is 13.6. The van der Waals surface area contributed by atoms with Crippen molar-refractivity contribution >= 4 is 11.0 Å². The molecule has 10 unspecified atom stereocenters. The van der Waals surface area contributed by atoms with Crippen molar-refractivity contribution in [3.8, 4) is 40.1 Å². The predicted octanol–water partition coefficient (Wildman–Crippen LogP) is -1.38. The van der Waals surface area contributed by atoms with E-state index in [1.54, 1.807) is 0 Å². The van der Waals surface area contributed by atoms with E-state index in [1.165, 1.54) is 32.2 Å². The van der Waals surface area contributed by atoms with Crippen molar-refractivity contribution in [2.45, 2.75) is 68.3 Å². The van der Waals surface area contributed by atoms with Gasteiger partial charge in [-0.05, 0) is 25.1 Å². The third kappa shape index (κ3) is 5.74. The molecule has 2 saturated heterocycles. The van der Waals surface area contributed by atoms with E-state index in [9.17, 15) is 50.8 Å². The van der Waals surface area contributed by atoms with Gasteiger partial charge in [-0.3, -0.25) is 4.79 Å². The summed E-state index contributed by atoms with van der Waals surface area (Å²) in [5, 5.41) is 92.0. The Morgan fingerprint density at radius 3 is 2.14 bits per heavy atom. The molecule has 2 aliphatic rings. The summed E-state index contributed by atoms with van der Waals surface area (Å²) in [5.74, 6) is -1.97.